The van der Waals surface area contributed by atoms with Crippen LogP contribution < -0.4 is 15.4 Å². The van der Waals surface area contributed by atoms with Crippen molar-refractivity contribution in [2.45, 2.75) is 36.6 Å². The van der Waals surface area contributed by atoms with E-state index in [4.69, 9.17) is 10.8 Å². The molecule has 200 valence electrons. The number of hydrogen-bond acceptors (Lipinski definition) is 7. The van der Waals surface area contributed by atoms with E-state index in [1.165, 1.54) is 24.5 Å². The molecule has 0 atom stereocenters. The highest BCUT2D eigenvalue weighted by molar-refractivity contribution is 7.93. The minimum absolute atomic E-state index is 0.0680. The molecule has 6 rings (SSSR count). The molecule has 0 aliphatic heterocycles. The number of halogens is 1. The summed E-state index contributed by atoms with van der Waals surface area (Å²) in [6.45, 7) is 0. The van der Waals surface area contributed by atoms with E-state index >= 15 is 4.39 Å². The predicted octanol–water partition coefficient (Wildman–Crippen LogP) is 5.35. The first-order chi connectivity index (χ1) is 18.7. The predicted molar refractivity (Wildman–Crippen MR) is 152 cm³/mol. The molecule has 1 saturated carbocycles. The van der Waals surface area contributed by atoms with Gasteiger partial charge in [0.2, 0.25) is 0 Å². The Morgan fingerprint density at radius 2 is 1.77 bits per heavy atom. The molecule has 1 aliphatic rings. The zero-order chi connectivity index (χ0) is 27.3. The molecule has 2 aromatic heterocycles. The van der Waals surface area contributed by atoms with Crippen molar-refractivity contribution in [3.8, 4) is 11.3 Å². The number of nitrogens with zero attached hydrogens (tertiary/aromatic N) is 5. The molecule has 0 unspecified atom stereocenters. The molecule has 0 spiro atoms. The average molecular weight is 546 g/mol. The summed E-state index contributed by atoms with van der Waals surface area (Å²) in [5.41, 5.74) is 8.46. The summed E-state index contributed by atoms with van der Waals surface area (Å²) in [7, 11) is -0.311. The van der Waals surface area contributed by atoms with Gasteiger partial charge in [-0.2, -0.15) is 5.10 Å². The highest BCUT2D eigenvalue weighted by atomic mass is 32.2. The number of benzene rings is 3. The second-order valence-electron chi connectivity index (χ2n) is 10.0. The fraction of sp³-hybridized carbons (Fsp3) is 0.250. The summed E-state index contributed by atoms with van der Waals surface area (Å²) in [4.78, 5) is 10.5. The minimum Gasteiger partial charge on any atom is -0.383 e. The van der Waals surface area contributed by atoms with Crippen molar-refractivity contribution < 1.29 is 12.8 Å². The van der Waals surface area contributed by atoms with Crippen LogP contribution in [-0.2, 0) is 10.0 Å². The summed E-state index contributed by atoms with van der Waals surface area (Å²) in [5.74, 6) is -0.471. The van der Waals surface area contributed by atoms with Crippen LogP contribution in [0.4, 0.5) is 21.6 Å². The van der Waals surface area contributed by atoms with Gasteiger partial charge >= 0.3 is 0 Å². The van der Waals surface area contributed by atoms with E-state index in [0.29, 0.717) is 27.7 Å². The highest BCUT2D eigenvalue weighted by Crippen LogP contribution is 2.37. The topological polar surface area (TPSA) is 119 Å². The van der Waals surface area contributed by atoms with Crippen LogP contribution in [0, 0.1) is 5.82 Å². The third-order valence-electron chi connectivity index (χ3n) is 7.31. The van der Waals surface area contributed by atoms with E-state index in [2.05, 4.69) is 14.7 Å². The summed E-state index contributed by atoms with van der Waals surface area (Å²) in [6, 6.07) is 15.0. The Morgan fingerprint density at radius 1 is 1.03 bits per heavy atom. The van der Waals surface area contributed by atoms with Gasteiger partial charge in [-0.3, -0.25) is 4.72 Å². The Kier molecular flexibility index (Phi) is 6.10. The molecule has 3 aromatic carbocycles. The first kappa shape index (κ1) is 25.1. The van der Waals surface area contributed by atoms with E-state index in [-0.39, 0.29) is 22.4 Å². The quantitative estimate of drug-likeness (QED) is 0.295. The summed E-state index contributed by atoms with van der Waals surface area (Å²) < 4.78 is 46.6. The van der Waals surface area contributed by atoms with E-state index in [9.17, 15) is 8.42 Å². The lowest BCUT2D eigenvalue weighted by molar-refractivity contribution is 0.479. The van der Waals surface area contributed by atoms with Gasteiger partial charge in [0.05, 0.1) is 22.0 Å². The standard InChI is InChI=1S/C28H28FN7O2S/c1-35(2)23-11-5-10-20-19(23)9-6-12-24(20)39(37,38)34-22-14-13-17(15-21(22)29)26-25-27(30)31-16-32-28(25)36(33-26)18-7-3-4-8-18/h5-6,9-16,18,34H,3-4,7-8H2,1-2H3,(H2,30,31,32). The molecule has 3 N–H and O–H groups in total. The molecule has 39 heavy (non-hydrogen) atoms. The zero-order valence-corrected chi connectivity index (χ0v) is 22.4. The highest BCUT2D eigenvalue weighted by Gasteiger charge is 2.26. The Labute approximate surface area is 225 Å². The van der Waals surface area contributed by atoms with E-state index in [0.717, 1.165) is 36.8 Å². The number of anilines is 3. The van der Waals surface area contributed by atoms with Crippen molar-refractivity contribution >= 4 is 49.0 Å². The number of sulfonamides is 1. The molecule has 0 saturated heterocycles. The van der Waals surface area contributed by atoms with Gasteiger partial charge in [-0.15, -0.1) is 0 Å². The van der Waals surface area contributed by atoms with E-state index < -0.39 is 15.8 Å². The van der Waals surface area contributed by atoms with Crippen molar-refractivity contribution in [2.24, 2.45) is 0 Å². The summed E-state index contributed by atoms with van der Waals surface area (Å²) in [5, 5.41) is 6.67. The van der Waals surface area contributed by atoms with Crippen LogP contribution in [0.5, 0.6) is 0 Å². The molecule has 1 fully saturated rings. The van der Waals surface area contributed by atoms with Gasteiger partial charge in [-0.25, -0.2) is 27.5 Å². The molecule has 0 amide bonds. The van der Waals surface area contributed by atoms with Crippen molar-refractivity contribution in [3.63, 3.8) is 0 Å². The first-order valence-corrected chi connectivity index (χ1v) is 14.2. The second kappa shape index (κ2) is 9.49. The molecule has 0 radical (unpaired) electrons. The Balaban J connectivity index is 1.38. The van der Waals surface area contributed by atoms with Gasteiger partial charge in [0.15, 0.2) is 5.65 Å². The fourth-order valence-electron chi connectivity index (χ4n) is 5.43. The largest absolute Gasteiger partial charge is 0.383 e. The van der Waals surface area contributed by atoms with Crippen LogP contribution in [0.1, 0.15) is 31.7 Å². The van der Waals surface area contributed by atoms with Crippen molar-refractivity contribution in [1.29, 1.82) is 0 Å². The first-order valence-electron chi connectivity index (χ1n) is 12.7. The van der Waals surface area contributed by atoms with Gasteiger partial charge in [0, 0.05) is 36.1 Å². The van der Waals surface area contributed by atoms with E-state index in [1.807, 2.05) is 35.8 Å². The molecule has 0 bridgehead atoms. The Morgan fingerprint density at radius 3 is 2.51 bits per heavy atom. The average Bonchev–Trinajstić information content (AvgIpc) is 3.58. The van der Waals surface area contributed by atoms with Crippen molar-refractivity contribution in [1.82, 2.24) is 19.7 Å². The molecule has 11 heteroatoms. The van der Waals surface area contributed by atoms with Gasteiger partial charge in [0.25, 0.3) is 10.0 Å². The van der Waals surface area contributed by atoms with Crippen LogP contribution in [0.2, 0.25) is 0 Å². The number of fused-ring (bicyclic) bond motifs is 2. The van der Waals surface area contributed by atoms with Crippen LogP contribution in [0.3, 0.4) is 0 Å². The van der Waals surface area contributed by atoms with Gasteiger partial charge < -0.3 is 10.6 Å². The number of nitrogen functional groups attached to an aromatic ring is 1. The molecular weight excluding hydrogens is 517 g/mol. The lowest BCUT2D eigenvalue weighted by atomic mass is 10.1. The van der Waals surface area contributed by atoms with E-state index in [1.54, 1.807) is 24.3 Å². The SMILES string of the molecule is CN(C)c1cccc2c(S(=O)(=O)Nc3ccc(-c4nn(C5CCCC5)c5ncnc(N)c45)cc3F)cccc12. The lowest BCUT2D eigenvalue weighted by Crippen LogP contribution is -2.15. The van der Waals surface area contributed by atoms with Crippen molar-refractivity contribution in [3.05, 3.63) is 66.7 Å². The normalized spacial score (nSPS) is 14.3. The summed E-state index contributed by atoms with van der Waals surface area (Å²) in [6.07, 6.45) is 5.59. The molecule has 2 heterocycles. The van der Waals surface area contributed by atoms with Gasteiger partial charge in [0.1, 0.15) is 23.7 Å². The van der Waals surface area contributed by atoms with Gasteiger partial charge in [-0.05, 0) is 37.1 Å². The third kappa shape index (κ3) is 4.32. The smallest absolute Gasteiger partial charge is 0.262 e. The molecule has 5 aromatic rings. The van der Waals surface area contributed by atoms with Gasteiger partial charge in [-0.1, -0.05) is 43.2 Å². The Hall–Kier alpha value is -4.25. The maximum absolute atomic E-state index is 15.4. The van der Waals surface area contributed by atoms with Crippen LogP contribution in [0.25, 0.3) is 33.1 Å². The molecular formula is C28H28FN7O2S. The molecule has 9 nitrogen and oxygen atoms in total. The maximum atomic E-state index is 15.4. The fourth-order valence-corrected chi connectivity index (χ4v) is 6.72. The van der Waals surface area contributed by atoms with Crippen molar-refractivity contribution in [2.75, 3.05) is 29.5 Å². The molecule has 1 aliphatic carbocycles. The summed E-state index contributed by atoms with van der Waals surface area (Å²) >= 11 is 0. The number of nitrogens with two attached hydrogens (primary N) is 1. The third-order valence-corrected chi connectivity index (χ3v) is 8.73. The Bertz CT molecular complexity index is 1830. The number of nitrogens with one attached hydrogen (secondary N) is 1. The van der Waals surface area contributed by atoms with Crippen LogP contribution in [0.15, 0.2) is 65.8 Å². The monoisotopic (exact) mass is 545 g/mol. The van der Waals surface area contributed by atoms with Crippen LogP contribution in [-0.4, -0.2) is 42.3 Å². The lowest BCUT2D eigenvalue weighted by Gasteiger charge is -2.17. The maximum Gasteiger partial charge on any atom is 0.262 e. The number of aromatic nitrogens is 4. The zero-order valence-electron chi connectivity index (χ0n) is 21.6. The number of rotatable bonds is 6. The second-order valence-corrected chi connectivity index (χ2v) is 11.7. The van der Waals surface area contributed by atoms with Crippen LogP contribution >= 0.6 is 0 Å². The number of hydrogen-bond donors (Lipinski definition) is 2. The minimum atomic E-state index is -4.10.